The lowest BCUT2D eigenvalue weighted by molar-refractivity contribution is -0.145. The molecule has 0 N–H and O–H groups in total. The van der Waals surface area contributed by atoms with E-state index in [2.05, 4.69) is 25.2 Å². The van der Waals surface area contributed by atoms with Crippen molar-refractivity contribution < 1.29 is 14.1 Å². The van der Waals surface area contributed by atoms with Crippen molar-refractivity contribution in [2.75, 3.05) is 0 Å². The molecular formula is C16H14N6O3S. The molecule has 0 bridgehead atoms. The Hall–Kier alpha value is -3.14. The zero-order valence-corrected chi connectivity index (χ0v) is 14.9. The van der Waals surface area contributed by atoms with Crippen LogP contribution in [0.5, 0.6) is 0 Å². The summed E-state index contributed by atoms with van der Waals surface area (Å²) in [6.45, 7) is 3.68. The molecule has 4 aromatic heterocycles. The monoisotopic (exact) mass is 370 g/mol. The molecule has 0 aliphatic carbocycles. The fourth-order valence-electron chi connectivity index (χ4n) is 2.43. The van der Waals surface area contributed by atoms with E-state index in [0.717, 1.165) is 17.0 Å². The van der Waals surface area contributed by atoms with E-state index in [1.54, 1.807) is 4.52 Å². The Balaban J connectivity index is 1.39. The average molecular weight is 370 g/mol. The fraction of sp³-hybridized carbons (Fsp3) is 0.250. The minimum absolute atomic E-state index is 0.0621. The molecule has 4 aromatic rings. The summed E-state index contributed by atoms with van der Waals surface area (Å²) < 4.78 is 11.9. The van der Waals surface area contributed by atoms with Gasteiger partial charge in [0.05, 0.1) is 0 Å². The Morgan fingerprint density at radius 2 is 2.19 bits per heavy atom. The third kappa shape index (κ3) is 3.31. The number of hydrogen-bond donors (Lipinski definition) is 0. The third-order valence-electron chi connectivity index (χ3n) is 3.57. The number of fused-ring (bicyclic) bond motifs is 1. The van der Waals surface area contributed by atoms with E-state index in [0.29, 0.717) is 17.4 Å². The molecule has 0 saturated carbocycles. The van der Waals surface area contributed by atoms with Gasteiger partial charge in [-0.25, -0.2) is 9.50 Å². The lowest BCUT2D eigenvalue weighted by Gasteiger charge is -1.98. The van der Waals surface area contributed by atoms with E-state index in [1.807, 2.05) is 36.7 Å². The van der Waals surface area contributed by atoms with Gasteiger partial charge in [-0.05, 0) is 31.4 Å². The first-order chi connectivity index (χ1) is 12.6. The van der Waals surface area contributed by atoms with Gasteiger partial charge < -0.3 is 9.26 Å². The number of carbonyl (C=O) groups excluding carboxylic acids is 1. The summed E-state index contributed by atoms with van der Waals surface area (Å²) in [7, 11) is 0. The predicted octanol–water partition coefficient (Wildman–Crippen LogP) is 2.14. The standard InChI is InChI=1S/C16H14N6O3S/c1-9-5-10(2)22-16(17-9)18-12(20-22)6-14(23)24-7-13-19-15(21-25-13)11-3-4-26-8-11/h3-5,8H,6-7H2,1-2H3. The maximum absolute atomic E-state index is 12.0. The van der Waals surface area contributed by atoms with Gasteiger partial charge in [0.2, 0.25) is 5.82 Å². The van der Waals surface area contributed by atoms with Gasteiger partial charge in [-0.2, -0.15) is 21.3 Å². The van der Waals surface area contributed by atoms with Crippen LogP contribution in [0, 0.1) is 13.8 Å². The van der Waals surface area contributed by atoms with Crippen molar-refractivity contribution in [3.05, 3.63) is 46.0 Å². The zero-order chi connectivity index (χ0) is 18.1. The third-order valence-corrected chi connectivity index (χ3v) is 4.25. The summed E-state index contributed by atoms with van der Waals surface area (Å²) in [5.41, 5.74) is 2.60. The van der Waals surface area contributed by atoms with Crippen LogP contribution in [0.2, 0.25) is 0 Å². The van der Waals surface area contributed by atoms with Crippen LogP contribution >= 0.6 is 11.3 Å². The highest BCUT2D eigenvalue weighted by molar-refractivity contribution is 7.08. The molecule has 0 unspecified atom stereocenters. The van der Waals surface area contributed by atoms with Gasteiger partial charge in [0, 0.05) is 22.3 Å². The fourth-order valence-corrected chi connectivity index (χ4v) is 3.06. The van der Waals surface area contributed by atoms with Crippen LogP contribution in [0.25, 0.3) is 17.2 Å². The lowest BCUT2D eigenvalue weighted by Crippen LogP contribution is -2.09. The average Bonchev–Trinajstić information content (AvgIpc) is 3.32. The lowest BCUT2D eigenvalue weighted by atomic mass is 10.3. The van der Waals surface area contributed by atoms with Crippen LogP contribution in [-0.4, -0.2) is 35.7 Å². The second kappa shape index (κ2) is 6.64. The molecule has 0 aliphatic rings. The van der Waals surface area contributed by atoms with E-state index in [-0.39, 0.29) is 18.9 Å². The Morgan fingerprint density at radius 3 is 3.00 bits per heavy atom. The number of ether oxygens (including phenoxy) is 1. The van der Waals surface area contributed by atoms with Crippen LogP contribution in [-0.2, 0) is 22.6 Å². The van der Waals surface area contributed by atoms with Crippen LogP contribution in [0.1, 0.15) is 23.1 Å². The summed E-state index contributed by atoms with van der Waals surface area (Å²) in [6, 6.07) is 3.78. The van der Waals surface area contributed by atoms with Gasteiger partial charge in [-0.15, -0.1) is 5.10 Å². The number of rotatable bonds is 5. The van der Waals surface area contributed by atoms with Gasteiger partial charge in [0.1, 0.15) is 6.42 Å². The highest BCUT2D eigenvalue weighted by atomic mass is 32.1. The van der Waals surface area contributed by atoms with Crippen LogP contribution in [0.3, 0.4) is 0 Å². The topological polar surface area (TPSA) is 108 Å². The summed E-state index contributed by atoms with van der Waals surface area (Å²) in [4.78, 5) is 24.8. The maximum Gasteiger partial charge on any atom is 0.314 e. The van der Waals surface area contributed by atoms with E-state index in [1.165, 1.54) is 11.3 Å². The first-order valence-electron chi connectivity index (χ1n) is 7.79. The molecule has 0 fully saturated rings. The van der Waals surface area contributed by atoms with Crippen molar-refractivity contribution in [2.45, 2.75) is 26.9 Å². The van der Waals surface area contributed by atoms with Gasteiger partial charge in [0.25, 0.3) is 11.7 Å². The molecule has 0 spiro atoms. The number of hydrogen-bond acceptors (Lipinski definition) is 9. The van der Waals surface area contributed by atoms with Gasteiger partial charge in [-0.1, -0.05) is 5.16 Å². The molecule has 0 saturated heterocycles. The highest BCUT2D eigenvalue weighted by Gasteiger charge is 2.15. The normalized spacial score (nSPS) is 11.2. The second-order valence-corrected chi connectivity index (χ2v) is 6.42. The van der Waals surface area contributed by atoms with Gasteiger partial charge in [-0.3, -0.25) is 4.79 Å². The molecule has 9 nitrogen and oxygen atoms in total. The smallest absolute Gasteiger partial charge is 0.314 e. The van der Waals surface area contributed by atoms with Crippen molar-refractivity contribution in [3.63, 3.8) is 0 Å². The Morgan fingerprint density at radius 1 is 1.31 bits per heavy atom. The number of aromatic nitrogens is 6. The quantitative estimate of drug-likeness (QED) is 0.492. The molecule has 4 heterocycles. The molecule has 0 amide bonds. The molecule has 0 atom stereocenters. The van der Waals surface area contributed by atoms with Crippen LogP contribution in [0.4, 0.5) is 0 Å². The summed E-state index contributed by atoms with van der Waals surface area (Å²) in [5, 5.41) is 12.0. The molecule has 10 heteroatoms. The molecule has 0 radical (unpaired) electrons. The molecule has 26 heavy (non-hydrogen) atoms. The number of esters is 1. The molecular weight excluding hydrogens is 356 g/mol. The largest absolute Gasteiger partial charge is 0.455 e. The summed E-state index contributed by atoms with van der Waals surface area (Å²) >= 11 is 1.54. The van der Waals surface area contributed by atoms with Gasteiger partial charge >= 0.3 is 5.97 Å². The first kappa shape index (κ1) is 16.3. The molecule has 132 valence electrons. The van der Waals surface area contributed by atoms with Crippen molar-refractivity contribution in [1.29, 1.82) is 0 Å². The van der Waals surface area contributed by atoms with E-state index in [9.17, 15) is 4.79 Å². The number of carbonyl (C=O) groups is 1. The number of aryl methyl sites for hydroxylation is 2. The minimum atomic E-state index is -0.481. The first-order valence-corrected chi connectivity index (χ1v) is 8.73. The predicted molar refractivity (Wildman–Crippen MR) is 91.4 cm³/mol. The zero-order valence-electron chi connectivity index (χ0n) is 14.0. The Labute approximate surface area is 151 Å². The van der Waals surface area contributed by atoms with E-state index >= 15 is 0 Å². The summed E-state index contributed by atoms with van der Waals surface area (Å²) in [6.07, 6.45) is -0.0621. The van der Waals surface area contributed by atoms with Crippen LogP contribution in [0.15, 0.2) is 27.4 Å². The number of thiophene rings is 1. The maximum atomic E-state index is 12.0. The Bertz CT molecular complexity index is 1070. The number of nitrogens with zero attached hydrogens (tertiary/aromatic N) is 6. The van der Waals surface area contributed by atoms with Crippen molar-refractivity contribution in [2.24, 2.45) is 0 Å². The Kier molecular flexibility index (Phi) is 4.17. The van der Waals surface area contributed by atoms with Crippen LogP contribution < -0.4 is 0 Å². The molecule has 4 rings (SSSR count). The molecule has 0 aromatic carbocycles. The van der Waals surface area contributed by atoms with Crippen molar-refractivity contribution >= 4 is 23.1 Å². The molecule has 0 aliphatic heterocycles. The van der Waals surface area contributed by atoms with Crippen molar-refractivity contribution in [3.8, 4) is 11.4 Å². The van der Waals surface area contributed by atoms with Gasteiger partial charge in [0.15, 0.2) is 12.4 Å². The second-order valence-electron chi connectivity index (χ2n) is 5.64. The minimum Gasteiger partial charge on any atom is -0.455 e. The van der Waals surface area contributed by atoms with Crippen molar-refractivity contribution in [1.82, 2.24) is 29.7 Å². The van der Waals surface area contributed by atoms with E-state index < -0.39 is 5.97 Å². The summed E-state index contributed by atoms with van der Waals surface area (Å²) in [5.74, 6) is 1.03. The SMILES string of the molecule is Cc1cc(C)n2nc(CC(=O)OCc3nc(-c4ccsc4)no3)nc2n1. The van der Waals surface area contributed by atoms with E-state index in [4.69, 9.17) is 9.26 Å². The highest BCUT2D eigenvalue weighted by Crippen LogP contribution is 2.18.